The van der Waals surface area contributed by atoms with Crippen LogP contribution in [-0.2, 0) is 0 Å². The van der Waals surface area contributed by atoms with E-state index >= 15 is 0 Å². The van der Waals surface area contributed by atoms with Crippen LogP contribution in [0.3, 0.4) is 0 Å². The van der Waals surface area contributed by atoms with Crippen molar-refractivity contribution in [2.75, 3.05) is 10.7 Å². The lowest BCUT2D eigenvalue weighted by Gasteiger charge is -2.22. The molecule has 39 heavy (non-hydrogen) atoms. The first-order valence-corrected chi connectivity index (χ1v) is 9.98. The van der Waals surface area contributed by atoms with Crippen LogP contribution in [0.2, 0.25) is 0 Å². The summed E-state index contributed by atoms with van der Waals surface area (Å²) in [6.07, 6.45) is -15.3. The summed E-state index contributed by atoms with van der Waals surface area (Å²) in [6, 6.07) is 6.33. The van der Waals surface area contributed by atoms with Crippen molar-refractivity contribution in [3.63, 3.8) is 0 Å². The number of halogens is 6. The molecule has 0 spiro atoms. The van der Waals surface area contributed by atoms with Crippen molar-refractivity contribution in [1.82, 2.24) is 15.0 Å². The SMILES string of the molecule is O=[N+]([O-])c1ccc(Nc2nc(N/N=C\c3cccc([N+](=O)[O-])c3O)nc(OC(C(F)(F)F)C(F)(F)F)n2)cc1. The molecule has 0 unspecified atom stereocenters. The van der Waals surface area contributed by atoms with Crippen molar-refractivity contribution in [3.05, 3.63) is 68.3 Å². The van der Waals surface area contributed by atoms with Crippen molar-refractivity contribution in [2.45, 2.75) is 18.5 Å². The molecule has 14 nitrogen and oxygen atoms in total. The second-order valence-electron chi connectivity index (χ2n) is 7.12. The lowest BCUT2D eigenvalue weighted by Crippen LogP contribution is -2.46. The number of hydrazone groups is 1. The number of anilines is 3. The molecule has 3 N–H and O–H groups in total. The largest absolute Gasteiger partial charge is 0.502 e. The maximum absolute atomic E-state index is 13.0. The second-order valence-corrected chi connectivity index (χ2v) is 7.12. The lowest BCUT2D eigenvalue weighted by atomic mass is 10.2. The molecule has 0 aliphatic heterocycles. The van der Waals surface area contributed by atoms with E-state index in [1.807, 2.05) is 0 Å². The summed E-state index contributed by atoms with van der Waals surface area (Å²) in [6.45, 7) is 0. The van der Waals surface area contributed by atoms with E-state index in [0.717, 1.165) is 36.5 Å². The van der Waals surface area contributed by atoms with Crippen LogP contribution in [0.5, 0.6) is 11.8 Å². The predicted octanol–water partition coefficient (Wildman–Crippen LogP) is 4.46. The van der Waals surface area contributed by atoms with Gasteiger partial charge in [0.15, 0.2) is 0 Å². The van der Waals surface area contributed by atoms with Crippen molar-refractivity contribution in [3.8, 4) is 11.8 Å². The highest BCUT2D eigenvalue weighted by molar-refractivity contribution is 5.85. The summed E-state index contributed by atoms with van der Waals surface area (Å²) in [4.78, 5) is 30.5. The number of phenolic OH excluding ortho intramolecular Hbond substituents is 1. The minimum absolute atomic E-state index is 0.0388. The van der Waals surface area contributed by atoms with Crippen LogP contribution in [-0.4, -0.2) is 54.6 Å². The molecule has 0 radical (unpaired) electrons. The molecule has 0 atom stereocenters. The molecule has 0 aliphatic rings. The topological polar surface area (TPSA) is 191 Å². The van der Waals surface area contributed by atoms with Crippen LogP contribution < -0.4 is 15.5 Å². The van der Waals surface area contributed by atoms with E-state index in [9.17, 15) is 51.7 Å². The predicted molar refractivity (Wildman–Crippen MR) is 119 cm³/mol. The molecule has 2 aromatic carbocycles. The molecule has 0 fully saturated rings. The second kappa shape index (κ2) is 11.0. The van der Waals surface area contributed by atoms with Crippen molar-refractivity contribution in [1.29, 1.82) is 0 Å². The number of nitro groups is 2. The Kier molecular flexibility index (Phi) is 7.96. The van der Waals surface area contributed by atoms with E-state index in [-0.39, 0.29) is 16.9 Å². The van der Waals surface area contributed by atoms with Gasteiger partial charge in [0.2, 0.25) is 11.7 Å². The van der Waals surface area contributed by atoms with E-state index in [4.69, 9.17) is 0 Å². The van der Waals surface area contributed by atoms with Crippen LogP contribution >= 0.6 is 0 Å². The molecule has 20 heteroatoms. The summed E-state index contributed by atoms with van der Waals surface area (Å²) in [7, 11) is 0. The summed E-state index contributed by atoms with van der Waals surface area (Å²) in [5, 5.41) is 37.6. The van der Waals surface area contributed by atoms with E-state index in [0.29, 0.717) is 0 Å². The lowest BCUT2D eigenvalue weighted by molar-refractivity contribution is -0.385. The van der Waals surface area contributed by atoms with Crippen molar-refractivity contribution >= 4 is 35.2 Å². The van der Waals surface area contributed by atoms with Gasteiger partial charge in [-0.1, -0.05) is 6.07 Å². The first-order valence-electron chi connectivity index (χ1n) is 9.98. The normalized spacial score (nSPS) is 12.0. The molecule has 206 valence electrons. The minimum atomic E-state index is -5.90. The van der Waals surface area contributed by atoms with Gasteiger partial charge in [0.25, 0.3) is 17.7 Å². The fourth-order valence-corrected chi connectivity index (χ4v) is 2.70. The molecular weight excluding hydrogens is 550 g/mol. The third-order valence-corrected chi connectivity index (χ3v) is 4.38. The zero-order chi connectivity index (χ0) is 29.0. The zero-order valence-electron chi connectivity index (χ0n) is 18.6. The quantitative estimate of drug-likeness (QED) is 0.144. The number of alkyl halides is 6. The Balaban J connectivity index is 1.95. The number of nitrogens with one attached hydrogen (secondary N) is 2. The number of para-hydroxylation sites is 1. The van der Waals surface area contributed by atoms with Gasteiger partial charge in [-0.25, -0.2) is 5.43 Å². The molecule has 3 aromatic rings. The van der Waals surface area contributed by atoms with Gasteiger partial charge in [0.05, 0.1) is 16.1 Å². The highest BCUT2D eigenvalue weighted by Gasteiger charge is 2.59. The van der Waals surface area contributed by atoms with E-state index in [1.165, 1.54) is 12.1 Å². The van der Waals surface area contributed by atoms with Gasteiger partial charge in [-0.2, -0.15) is 46.4 Å². The Morgan fingerprint density at radius 3 is 2.10 bits per heavy atom. The molecule has 0 aliphatic carbocycles. The average molecular weight is 562 g/mol. The summed E-state index contributed by atoms with van der Waals surface area (Å²) in [5.74, 6) is -2.20. The maximum atomic E-state index is 13.0. The van der Waals surface area contributed by atoms with Gasteiger partial charge >= 0.3 is 24.1 Å². The first kappa shape index (κ1) is 28.3. The fraction of sp³-hybridized carbons (Fsp3) is 0.158. The van der Waals surface area contributed by atoms with Gasteiger partial charge in [-0.15, -0.1) is 0 Å². The van der Waals surface area contributed by atoms with Crippen LogP contribution in [0.15, 0.2) is 47.6 Å². The summed E-state index contributed by atoms with van der Waals surface area (Å²) < 4.78 is 81.8. The van der Waals surface area contributed by atoms with Gasteiger partial charge in [-0.05, 0) is 18.2 Å². The number of aromatic hydroxyl groups is 1. The van der Waals surface area contributed by atoms with E-state index < -0.39 is 57.6 Å². The van der Waals surface area contributed by atoms with Crippen LogP contribution in [0.25, 0.3) is 0 Å². The number of non-ortho nitro benzene ring substituents is 1. The van der Waals surface area contributed by atoms with E-state index in [2.05, 4.69) is 35.5 Å². The first-order chi connectivity index (χ1) is 18.1. The average Bonchev–Trinajstić information content (AvgIpc) is 2.82. The third kappa shape index (κ3) is 7.36. The Labute approximate surface area is 211 Å². The Morgan fingerprint density at radius 2 is 1.54 bits per heavy atom. The highest BCUT2D eigenvalue weighted by Crippen LogP contribution is 2.36. The number of ether oxygens (including phenoxy) is 1. The standard InChI is InChI=1S/C19H12F6N8O6/c20-18(21,22)14(19(23,24)25)39-17-29-15(27-10-4-6-11(7-5-10)32(35)36)28-16(30-17)31-26-8-9-2-1-3-12(13(9)34)33(37)38/h1-8,14,34H,(H2,27,28,29,30,31)/b26-8-. The van der Waals surface area contributed by atoms with Gasteiger partial charge in [-0.3, -0.25) is 20.2 Å². The van der Waals surface area contributed by atoms with Gasteiger partial charge < -0.3 is 15.2 Å². The van der Waals surface area contributed by atoms with Gasteiger partial charge in [0, 0.05) is 29.4 Å². The number of benzene rings is 2. The number of phenols is 1. The smallest absolute Gasteiger partial charge is 0.434 e. The third-order valence-electron chi connectivity index (χ3n) is 4.38. The number of rotatable bonds is 9. The van der Waals surface area contributed by atoms with Crippen LogP contribution in [0.4, 0.5) is 55.3 Å². The highest BCUT2D eigenvalue weighted by atomic mass is 19.4. The van der Waals surface area contributed by atoms with Gasteiger partial charge in [0.1, 0.15) is 0 Å². The Morgan fingerprint density at radius 1 is 0.923 bits per heavy atom. The Bertz CT molecular complexity index is 1390. The van der Waals surface area contributed by atoms with E-state index in [1.54, 1.807) is 0 Å². The summed E-state index contributed by atoms with van der Waals surface area (Å²) in [5.41, 5.74) is 0.918. The number of hydrogen-bond acceptors (Lipinski definition) is 12. The molecule has 0 amide bonds. The molecule has 1 heterocycles. The summed E-state index contributed by atoms with van der Waals surface area (Å²) >= 11 is 0. The minimum Gasteiger partial charge on any atom is -0.502 e. The number of hydrogen-bond donors (Lipinski definition) is 3. The maximum Gasteiger partial charge on any atom is 0.434 e. The molecule has 3 rings (SSSR count). The molecule has 1 aromatic heterocycles. The van der Waals surface area contributed by atoms with Crippen LogP contribution in [0.1, 0.15) is 5.56 Å². The monoisotopic (exact) mass is 562 g/mol. The number of nitrogens with zero attached hydrogens (tertiary/aromatic N) is 6. The molecule has 0 bridgehead atoms. The van der Waals surface area contributed by atoms with Crippen LogP contribution in [0, 0.1) is 20.2 Å². The Hall–Kier alpha value is -5.30. The zero-order valence-corrected chi connectivity index (χ0v) is 18.6. The fourth-order valence-electron chi connectivity index (χ4n) is 2.70. The van der Waals surface area contributed by atoms with Crippen molar-refractivity contribution in [2.24, 2.45) is 5.10 Å². The number of nitro benzene ring substituents is 2. The van der Waals surface area contributed by atoms with Crippen molar-refractivity contribution < 1.29 is 46.0 Å². The molecular formula is C19H12F6N8O6. The number of aromatic nitrogens is 3. The molecule has 0 saturated heterocycles. The molecule has 0 saturated carbocycles.